The molecule has 1 N–H and O–H groups in total. The van der Waals surface area contributed by atoms with Gasteiger partial charge in [-0.3, -0.25) is 0 Å². The van der Waals surface area contributed by atoms with E-state index in [1.165, 1.54) is 6.26 Å². The summed E-state index contributed by atoms with van der Waals surface area (Å²) in [6.45, 7) is 5.98. The Morgan fingerprint density at radius 1 is 1.21 bits per heavy atom. The molecule has 0 fully saturated rings. The largest absolute Gasteiger partial charge is 0.489 e. The third-order valence-electron chi connectivity index (χ3n) is 2.81. The quantitative estimate of drug-likeness (QED) is 0.744. The van der Waals surface area contributed by atoms with Gasteiger partial charge in [0.25, 0.3) is 0 Å². The third-order valence-corrected chi connectivity index (χ3v) is 3.94. The summed E-state index contributed by atoms with van der Waals surface area (Å²) in [5.74, 6) is 0.706. The Morgan fingerprint density at radius 2 is 1.84 bits per heavy atom. The van der Waals surface area contributed by atoms with E-state index in [0.29, 0.717) is 10.6 Å². The lowest BCUT2D eigenvalue weighted by Crippen LogP contribution is -2.31. The molecule has 0 aromatic heterocycles. The molecule has 0 saturated heterocycles. The molecule has 0 amide bonds. The smallest absolute Gasteiger partial charge is 0.175 e. The van der Waals surface area contributed by atoms with Crippen molar-refractivity contribution in [1.82, 2.24) is 5.32 Å². The van der Waals surface area contributed by atoms with Crippen LogP contribution in [0.2, 0.25) is 0 Å². The molecular formula is C14H23NO3S. The van der Waals surface area contributed by atoms with Crippen molar-refractivity contribution < 1.29 is 13.2 Å². The second-order valence-corrected chi connectivity index (χ2v) is 6.61. The first kappa shape index (κ1) is 16.0. The van der Waals surface area contributed by atoms with E-state index in [2.05, 4.69) is 19.2 Å². The molecule has 0 aliphatic heterocycles. The Labute approximate surface area is 116 Å². The highest BCUT2D eigenvalue weighted by Crippen LogP contribution is 2.17. The Hall–Kier alpha value is -1.07. The number of benzene rings is 1. The van der Waals surface area contributed by atoms with Gasteiger partial charge in [-0.05, 0) is 43.7 Å². The summed E-state index contributed by atoms with van der Waals surface area (Å²) in [7, 11) is -3.14. The van der Waals surface area contributed by atoms with Gasteiger partial charge in [-0.15, -0.1) is 0 Å². The van der Waals surface area contributed by atoms with Crippen LogP contribution in [0.4, 0.5) is 0 Å². The van der Waals surface area contributed by atoms with E-state index in [0.717, 1.165) is 25.9 Å². The number of rotatable bonds is 8. The lowest BCUT2D eigenvalue weighted by molar-refractivity contribution is 0.193. The summed E-state index contributed by atoms with van der Waals surface area (Å²) in [6.07, 6.45) is 3.31. The zero-order valence-electron chi connectivity index (χ0n) is 11.8. The Kier molecular flexibility index (Phi) is 6.31. The molecular weight excluding hydrogens is 262 g/mol. The highest BCUT2D eigenvalue weighted by molar-refractivity contribution is 7.90. The van der Waals surface area contributed by atoms with Gasteiger partial charge in [0.2, 0.25) is 0 Å². The third kappa shape index (κ3) is 5.61. The number of ether oxygens (including phenoxy) is 1. The maximum atomic E-state index is 11.3. The highest BCUT2D eigenvalue weighted by Gasteiger charge is 2.10. The second kappa shape index (κ2) is 7.50. The molecule has 0 aliphatic rings. The van der Waals surface area contributed by atoms with Gasteiger partial charge in [-0.1, -0.05) is 13.8 Å². The van der Waals surface area contributed by atoms with Crippen molar-refractivity contribution in [2.45, 2.75) is 37.7 Å². The number of nitrogens with one attached hydrogen (secondary N) is 1. The minimum atomic E-state index is -3.14. The van der Waals surface area contributed by atoms with E-state index < -0.39 is 9.84 Å². The first-order valence-corrected chi connectivity index (χ1v) is 8.54. The fraction of sp³-hybridized carbons (Fsp3) is 0.571. The molecule has 1 unspecified atom stereocenters. The summed E-state index contributed by atoms with van der Waals surface area (Å²) in [4.78, 5) is 0.317. The van der Waals surface area contributed by atoms with Gasteiger partial charge in [-0.2, -0.15) is 0 Å². The van der Waals surface area contributed by atoms with Crippen molar-refractivity contribution in [1.29, 1.82) is 0 Å². The minimum absolute atomic E-state index is 0.107. The molecule has 1 aromatic rings. The lowest BCUT2D eigenvalue weighted by Gasteiger charge is -2.18. The van der Waals surface area contributed by atoms with Gasteiger partial charge in [0.1, 0.15) is 11.9 Å². The monoisotopic (exact) mass is 285 g/mol. The Balaban J connectivity index is 2.60. The lowest BCUT2D eigenvalue weighted by atomic mass is 10.2. The van der Waals surface area contributed by atoms with E-state index in [-0.39, 0.29) is 6.10 Å². The van der Waals surface area contributed by atoms with Crippen molar-refractivity contribution >= 4 is 9.84 Å². The summed E-state index contributed by atoms with van der Waals surface area (Å²) >= 11 is 0. The minimum Gasteiger partial charge on any atom is -0.489 e. The fourth-order valence-corrected chi connectivity index (χ4v) is 2.30. The molecule has 1 atom stereocenters. The zero-order chi connectivity index (χ0) is 14.3. The van der Waals surface area contributed by atoms with Gasteiger partial charge < -0.3 is 10.1 Å². The van der Waals surface area contributed by atoms with Gasteiger partial charge in [0, 0.05) is 12.8 Å². The molecule has 0 saturated carbocycles. The van der Waals surface area contributed by atoms with Crippen molar-refractivity contribution in [2.75, 3.05) is 19.3 Å². The molecule has 1 aromatic carbocycles. The normalized spacial score (nSPS) is 13.2. The number of sulfone groups is 1. The van der Waals surface area contributed by atoms with Crippen molar-refractivity contribution in [3.05, 3.63) is 24.3 Å². The van der Waals surface area contributed by atoms with Crippen LogP contribution in [0.5, 0.6) is 5.75 Å². The van der Waals surface area contributed by atoms with E-state index >= 15 is 0 Å². The first-order valence-electron chi connectivity index (χ1n) is 6.64. The fourth-order valence-electron chi connectivity index (χ4n) is 1.67. The van der Waals surface area contributed by atoms with E-state index in [4.69, 9.17) is 4.74 Å². The first-order chi connectivity index (χ1) is 8.97. The van der Waals surface area contributed by atoms with E-state index in [1.54, 1.807) is 24.3 Å². The van der Waals surface area contributed by atoms with Crippen molar-refractivity contribution in [2.24, 2.45) is 0 Å². The zero-order valence-corrected chi connectivity index (χ0v) is 12.7. The molecule has 0 heterocycles. The van der Waals surface area contributed by atoms with Crippen LogP contribution in [0.3, 0.4) is 0 Å². The van der Waals surface area contributed by atoms with Crippen LogP contribution in [0.15, 0.2) is 29.2 Å². The van der Waals surface area contributed by atoms with Gasteiger partial charge in [0.15, 0.2) is 9.84 Å². The molecule has 0 aliphatic carbocycles. The van der Waals surface area contributed by atoms with Gasteiger partial charge in [0.05, 0.1) is 4.90 Å². The maximum Gasteiger partial charge on any atom is 0.175 e. The predicted octanol–water partition coefficient (Wildman–Crippen LogP) is 2.25. The Bertz CT molecular complexity index is 468. The van der Waals surface area contributed by atoms with Crippen LogP contribution in [0.1, 0.15) is 26.7 Å². The molecule has 4 nitrogen and oxygen atoms in total. The maximum absolute atomic E-state index is 11.3. The van der Waals surface area contributed by atoms with Crippen LogP contribution >= 0.6 is 0 Å². The number of hydrogen-bond acceptors (Lipinski definition) is 4. The SMILES string of the molecule is CCCNCC(CC)Oc1ccc(S(C)(=O)=O)cc1. The van der Waals surface area contributed by atoms with Crippen LogP contribution in [0.25, 0.3) is 0 Å². The molecule has 5 heteroatoms. The van der Waals surface area contributed by atoms with Crippen molar-refractivity contribution in [3.8, 4) is 5.75 Å². The molecule has 108 valence electrons. The van der Waals surface area contributed by atoms with Crippen LogP contribution < -0.4 is 10.1 Å². The molecule has 1 rings (SSSR count). The standard InChI is InChI=1S/C14H23NO3S/c1-4-10-15-11-12(5-2)18-13-6-8-14(9-7-13)19(3,16)17/h6-9,12,15H,4-5,10-11H2,1-3H3. The molecule has 19 heavy (non-hydrogen) atoms. The topological polar surface area (TPSA) is 55.4 Å². The summed E-state index contributed by atoms with van der Waals surface area (Å²) in [6, 6.07) is 6.57. The average molecular weight is 285 g/mol. The van der Waals surface area contributed by atoms with E-state index in [1.807, 2.05) is 0 Å². The van der Waals surface area contributed by atoms with Gasteiger partial charge >= 0.3 is 0 Å². The van der Waals surface area contributed by atoms with Crippen LogP contribution in [0, 0.1) is 0 Å². The highest BCUT2D eigenvalue weighted by atomic mass is 32.2. The summed E-state index contributed by atoms with van der Waals surface area (Å²) in [5.41, 5.74) is 0. The molecule has 0 radical (unpaired) electrons. The van der Waals surface area contributed by atoms with E-state index in [9.17, 15) is 8.42 Å². The summed E-state index contributed by atoms with van der Waals surface area (Å²) < 4.78 is 28.5. The predicted molar refractivity (Wildman–Crippen MR) is 77.4 cm³/mol. The molecule has 0 spiro atoms. The van der Waals surface area contributed by atoms with Crippen molar-refractivity contribution in [3.63, 3.8) is 0 Å². The Morgan fingerprint density at radius 3 is 2.32 bits per heavy atom. The second-order valence-electron chi connectivity index (χ2n) is 4.60. The molecule has 0 bridgehead atoms. The summed E-state index contributed by atoms with van der Waals surface area (Å²) in [5, 5.41) is 3.32. The number of hydrogen-bond donors (Lipinski definition) is 1. The van der Waals surface area contributed by atoms with Crippen LogP contribution in [-0.2, 0) is 9.84 Å². The van der Waals surface area contributed by atoms with Gasteiger partial charge in [-0.25, -0.2) is 8.42 Å². The van der Waals surface area contributed by atoms with Crippen LogP contribution in [-0.4, -0.2) is 33.9 Å². The average Bonchev–Trinajstić information content (AvgIpc) is 2.37.